The third-order valence-corrected chi connectivity index (χ3v) is 7.45. The summed E-state index contributed by atoms with van der Waals surface area (Å²) in [6.07, 6.45) is 0. The quantitative estimate of drug-likeness (QED) is 0.682. The van der Waals surface area contributed by atoms with Crippen LogP contribution in [0.1, 0.15) is 83.1 Å². The zero-order valence-electron chi connectivity index (χ0n) is 19.6. The maximum atomic E-state index is 6.31. The van der Waals surface area contributed by atoms with Gasteiger partial charge in [0.1, 0.15) is 0 Å². The first-order valence-electron chi connectivity index (χ1n) is 10.2. The molecule has 0 aromatic heterocycles. The topological polar surface area (TPSA) is 58.6 Å². The third kappa shape index (κ3) is 3.39. The van der Waals surface area contributed by atoms with Crippen molar-refractivity contribution >= 4 is 21.8 Å². The molecule has 0 atom stereocenters. The predicted molar refractivity (Wildman–Crippen MR) is 110 cm³/mol. The predicted octanol–water partition coefficient (Wildman–Crippen LogP) is 3.06. The number of hydrogen-bond donors (Lipinski definition) is 0. The van der Waals surface area contributed by atoms with Gasteiger partial charge < -0.3 is 27.9 Å². The van der Waals surface area contributed by atoms with Crippen LogP contribution < -0.4 is 0 Å². The molecule has 0 unspecified atom stereocenters. The molecule has 0 spiro atoms. The molecule has 0 saturated carbocycles. The lowest BCUT2D eigenvalue weighted by Crippen LogP contribution is -2.61. The first-order valence-corrected chi connectivity index (χ1v) is 10.2. The van der Waals surface area contributed by atoms with Gasteiger partial charge in [0.25, 0.3) is 0 Å². The zero-order chi connectivity index (χ0) is 21.6. The van der Waals surface area contributed by atoms with Crippen molar-refractivity contribution in [3.8, 4) is 0 Å². The molecule has 3 rings (SSSR count). The van der Waals surface area contributed by atoms with Gasteiger partial charge in [0.2, 0.25) is 0 Å². The molecule has 158 valence electrons. The maximum absolute atomic E-state index is 6.31. The molecule has 28 heavy (non-hydrogen) atoms. The molecular formula is C18H36B3NO6. The summed E-state index contributed by atoms with van der Waals surface area (Å²) in [5.74, 6) is 0. The molecule has 3 aliphatic heterocycles. The van der Waals surface area contributed by atoms with E-state index in [2.05, 4.69) is 0 Å². The fourth-order valence-corrected chi connectivity index (χ4v) is 3.10. The minimum absolute atomic E-state index is 0.511. The molecule has 3 saturated heterocycles. The Balaban J connectivity index is 1.95. The minimum atomic E-state index is -0.741. The summed E-state index contributed by atoms with van der Waals surface area (Å²) in [7, 11) is -2.22. The Labute approximate surface area is 171 Å². The molecule has 0 amide bonds. The van der Waals surface area contributed by atoms with Crippen LogP contribution in [0.4, 0.5) is 0 Å². The van der Waals surface area contributed by atoms with Gasteiger partial charge in [0, 0.05) is 0 Å². The molecule has 7 nitrogen and oxygen atoms in total. The summed E-state index contributed by atoms with van der Waals surface area (Å²) in [6.45, 7) is 24.2. The van der Waals surface area contributed by atoms with Crippen molar-refractivity contribution in [2.24, 2.45) is 0 Å². The summed E-state index contributed by atoms with van der Waals surface area (Å²) >= 11 is 0. The highest BCUT2D eigenvalue weighted by Crippen LogP contribution is 2.45. The van der Waals surface area contributed by atoms with Gasteiger partial charge in [-0.3, -0.25) is 4.63 Å². The number of hydrogen-bond acceptors (Lipinski definition) is 7. The Morgan fingerprint density at radius 1 is 0.357 bits per heavy atom. The van der Waals surface area contributed by atoms with E-state index in [4.69, 9.17) is 27.9 Å². The van der Waals surface area contributed by atoms with Crippen LogP contribution in [0.25, 0.3) is 0 Å². The van der Waals surface area contributed by atoms with Gasteiger partial charge in [-0.2, -0.15) is 0 Å². The Morgan fingerprint density at radius 2 is 0.500 bits per heavy atom. The van der Waals surface area contributed by atoms with Crippen LogP contribution in [0.2, 0.25) is 0 Å². The van der Waals surface area contributed by atoms with E-state index in [-0.39, 0.29) is 0 Å². The molecule has 0 radical (unpaired) electrons. The Bertz CT molecular complexity index is 503. The molecule has 10 heteroatoms. The van der Waals surface area contributed by atoms with E-state index >= 15 is 0 Å². The second-order valence-electron chi connectivity index (χ2n) is 11.1. The van der Waals surface area contributed by atoms with Gasteiger partial charge in [0.05, 0.1) is 33.6 Å². The van der Waals surface area contributed by atoms with Crippen molar-refractivity contribution in [2.45, 2.75) is 117 Å². The monoisotopic (exact) mass is 395 g/mol. The highest BCUT2D eigenvalue weighted by atomic mass is 16.7. The van der Waals surface area contributed by atoms with Gasteiger partial charge in [-0.15, -0.1) is 0 Å². The molecule has 0 aromatic carbocycles. The van der Waals surface area contributed by atoms with Crippen molar-refractivity contribution < 1.29 is 27.9 Å². The van der Waals surface area contributed by atoms with Crippen molar-refractivity contribution in [1.82, 2.24) is 4.63 Å². The molecule has 0 N–H and O–H groups in total. The van der Waals surface area contributed by atoms with E-state index in [9.17, 15) is 0 Å². The van der Waals surface area contributed by atoms with Gasteiger partial charge in [-0.25, -0.2) is 0 Å². The van der Waals surface area contributed by atoms with Crippen molar-refractivity contribution in [3.63, 3.8) is 0 Å². The van der Waals surface area contributed by atoms with Gasteiger partial charge in [0.15, 0.2) is 0 Å². The van der Waals surface area contributed by atoms with Crippen LogP contribution in [0.5, 0.6) is 0 Å². The molecule has 3 aliphatic rings. The van der Waals surface area contributed by atoms with Crippen molar-refractivity contribution in [1.29, 1.82) is 0 Å². The molecule has 0 aliphatic carbocycles. The van der Waals surface area contributed by atoms with Crippen LogP contribution in [0.15, 0.2) is 0 Å². The summed E-state index contributed by atoms with van der Waals surface area (Å²) in [5.41, 5.74) is -3.06. The van der Waals surface area contributed by atoms with E-state index in [1.54, 1.807) is 4.63 Å². The Morgan fingerprint density at radius 3 is 0.643 bits per heavy atom. The standard InChI is InChI=1S/C18H36B3NO6/c1-13(2)14(3,4)24-19(23-13)22(20-25-15(5,6)16(7,8)26-20)21-27-17(9,10)18(11,12)28-21/h1-12H3. The highest BCUT2D eigenvalue weighted by Gasteiger charge is 2.67. The smallest absolute Gasteiger partial charge is 0.390 e. The lowest BCUT2D eigenvalue weighted by atomic mass is 9.76. The average molecular weight is 395 g/mol. The van der Waals surface area contributed by atoms with E-state index in [0.29, 0.717) is 0 Å². The Hall–Kier alpha value is -0.0852. The first kappa shape index (κ1) is 22.6. The SMILES string of the molecule is CC1(C)OB(N(B2OC(C)(C)C(C)(C)O2)B2OC(C)(C)C(C)(C)O2)OC1(C)C. The van der Waals surface area contributed by atoms with Crippen molar-refractivity contribution in [2.75, 3.05) is 0 Å². The van der Waals surface area contributed by atoms with Crippen LogP contribution in [0, 0.1) is 0 Å². The van der Waals surface area contributed by atoms with Crippen LogP contribution >= 0.6 is 0 Å². The molecule has 3 heterocycles. The minimum Gasteiger partial charge on any atom is -0.390 e. The molecule has 0 bridgehead atoms. The van der Waals surface area contributed by atoms with Gasteiger partial charge >= 0.3 is 21.8 Å². The highest BCUT2D eigenvalue weighted by molar-refractivity contribution is 6.75. The van der Waals surface area contributed by atoms with Gasteiger partial charge in [-0.1, -0.05) is 0 Å². The normalized spacial score (nSPS) is 31.8. The van der Waals surface area contributed by atoms with Gasteiger partial charge in [-0.05, 0) is 83.1 Å². The summed E-state index contributed by atoms with van der Waals surface area (Å²) in [4.78, 5) is 0. The van der Waals surface area contributed by atoms with Crippen molar-refractivity contribution in [3.05, 3.63) is 0 Å². The average Bonchev–Trinajstić information content (AvgIpc) is 2.85. The Kier molecular flexibility index (Phi) is 5.02. The lowest BCUT2D eigenvalue weighted by Gasteiger charge is -2.32. The summed E-state index contributed by atoms with van der Waals surface area (Å²) < 4.78 is 39.6. The summed E-state index contributed by atoms with van der Waals surface area (Å²) in [6, 6.07) is 0. The maximum Gasteiger partial charge on any atom is 0.543 e. The summed E-state index contributed by atoms with van der Waals surface area (Å²) in [5, 5.41) is 0. The lowest BCUT2D eigenvalue weighted by molar-refractivity contribution is 0.00578. The molecule has 3 fully saturated rings. The number of rotatable bonds is 3. The number of nitrogens with zero attached hydrogens (tertiary/aromatic N) is 1. The van der Waals surface area contributed by atoms with E-state index in [1.807, 2.05) is 83.1 Å². The second-order valence-corrected chi connectivity index (χ2v) is 11.1. The second kappa shape index (κ2) is 6.22. The van der Waals surface area contributed by atoms with E-state index in [1.165, 1.54) is 0 Å². The van der Waals surface area contributed by atoms with Crippen LogP contribution in [0.3, 0.4) is 0 Å². The third-order valence-electron chi connectivity index (χ3n) is 7.45. The van der Waals surface area contributed by atoms with E-state index < -0.39 is 55.4 Å². The first-order chi connectivity index (χ1) is 12.3. The fraction of sp³-hybridized carbons (Fsp3) is 1.00. The molecular weight excluding hydrogens is 359 g/mol. The largest absolute Gasteiger partial charge is 0.543 e. The zero-order valence-corrected chi connectivity index (χ0v) is 19.6. The van der Waals surface area contributed by atoms with E-state index in [0.717, 1.165) is 0 Å². The fourth-order valence-electron chi connectivity index (χ4n) is 3.10. The van der Waals surface area contributed by atoms with Crippen LogP contribution in [-0.2, 0) is 27.9 Å². The molecule has 0 aromatic rings. The van der Waals surface area contributed by atoms with Crippen LogP contribution in [-0.4, -0.2) is 60.0 Å².